The van der Waals surface area contributed by atoms with E-state index in [1.54, 1.807) is 12.1 Å². The van der Waals surface area contributed by atoms with E-state index < -0.39 is 23.6 Å². The van der Waals surface area contributed by atoms with Crippen molar-refractivity contribution in [3.8, 4) is 5.75 Å². The first-order valence-electron chi connectivity index (χ1n) is 13.8. The van der Waals surface area contributed by atoms with Gasteiger partial charge in [-0.1, -0.05) is 30.3 Å². The Kier molecular flexibility index (Phi) is 7.40. The van der Waals surface area contributed by atoms with E-state index in [2.05, 4.69) is 22.3 Å². The van der Waals surface area contributed by atoms with Crippen LogP contribution in [0.3, 0.4) is 0 Å². The minimum absolute atomic E-state index is 0.210. The molecular weight excluding hydrogens is 530 g/mol. The molecule has 0 radical (unpaired) electrons. The number of rotatable bonds is 7. The minimum Gasteiger partial charge on any atom is -0.489 e. The Morgan fingerprint density at radius 2 is 1.66 bits per heavy atom. The summed E-state index contributed by atoms with van der Waals surface area (Å²) in [5.41, 5.74) is 3.84. The second-order valence-corrected chi connectivity index (χ2v) is 10.6. The Morgan fingerprint density at radius 1 is 0.902 bits per heavy atom. The highest BCUT2D eigenvalue weighted by Gasteiger charge is 2.40. The fourth-order valence-electron chi connectivity index (χ4n) is 5.74. The van der Waals surface area contributed by atoms with Gasteiger partial charge in [-0.05, 0) is 41.8 Å². The highest BCUT2D eigenvalue weighted by Crippen LogP contribution is 2.34. The SMILES string of the molecule is O=C1CC[C@@H](N2Cc3c(OCc4ccc(CN5CCN(c6ccc(F)cc6F)CC5)cc4)cccc3C2=O)C(=O)N1. The van der Waals surface area contributed by atoms with Crippen LogP contribution in [0.5, 0.6) is 5.75 Å². The van der Waals surface area contributed by atoms with Crippen molar-refractivity contribution in [2.45, 2.75) is 38.6 Å². The van der Waals surface area contributed by atoms with Crippen molar-refractivity contribution in [1.82, 2.24) is 15.1 Å². The number of benzene rings is 3. The molecule has 1 atom stereocenters. The summed E-state index contributed by atoms with van der Waals surface area (Å²) in [4.78, 5) is 42.7. The molecule has 0 unspecified atom stereocenters. The molecule has 3 heterocycles. The normalized spacial score (nSPS) is 19.4. The first kappa shape index (κ1) is 26.9. The average Bonchev–Trinajstić information content (AvgIpc) is 3.30. The van der Waals surface area contributed by atoms with E-state index in [0.717, 1.165) is 42.4 Å². The third-order valence-corrected chi connectivity index (χ3v) is 7.99. The van der Waals surface area contributed by atoms with Crippen molar-refractivity contribution in [3.05, 3.63) is 94.6 Å². The number of carbonyl (C=O) groups excluding carboxylic acids is 3. The number of piperidine rings is 1. The Balaban J connectivity index is 1.03. The summed E-state index contributed by atoms with van der Waals surface area (Å²) in [7, 11) is 0. The second kappa shape index (κ2) is 11.3. The summed E-state index contributed by atoms with van der Waals surface area (Å²) in [6.07, 6.45) is 0.525. The van der Waals surface area contributed by atoms with Crippen molar-refractivity contribution in [2.75, 3.05) is 31.1 Å². The second-order valence-electron chi connectivity index (χ2n) is 10.6. The quantitative estimate of drug-likeness (QED) is 0.445. The maximum atomic E-state index is 14.1. The van der Waals surface area contributed by atoms with Crippen molar-refractivity contribution in [3.63, 3.8) is 0 Å². The molecule has 2 fully saturated rings. The topological polar surface area (TPSA) is 82.2 Å². The van der Waals surface area contributed by atoms with E-state index in [9.17, 15) is 23.2 Å². The Morgan fingerprint density at radius 3 is 2.39 bits per heavy atom. The van der Waals surface area contributed by atoms with Crippen LogP contribution in [0.25, 0.3) is 0 Å². The maximum absolute atomic E-state index is 14.1. The molecule has 212 valence electrons. The predicted octanol–water partition coefficient (Wildman–Crippen LogP) is 3.63. The summed E-state index contributed by atoms with van der Waals surface area (Å²) < 4.78 is 33.5. The molecule has 3 aliphatic heterocycles. The van der Waals surface area contributed by atoms with Crippen LogP contribution in [0.15, 0.2) is 60.7 Å². The van der Waals surface area contributed by atoms with Crippen LogP contribution in [0.1, 0.15) is 39.9 Å². The Bertz CT molecular complexity index is 1490. The predicted molar refractivity (Wildman–Crippen MR) is 147 cm³/mol. The van der Waals surface area contributed by atoms with Crippen LogP contribution in [-0.4, -0.2) is 59.7 Å². The number of ether oxygens (including phenoxy) is 1. The zero-order valence-corrected chi connectivity index (χ0v) is 22.4. The summed E-state index contributed by atoms with van der Waals surface area (Å²) in [6.45, 7) is 4.23. The summed E-state index contributed by atoms with van der Waals surface area (Å²) in [5.74, 6) is -1.48. The van der Waals surface area contributed by atoms with Crippen molar-refractivity contribution < 1.29 is 27.9 Å². The van der Waals surface area contributed by atoms with Gasteiger partial charge in [0.25, 0.3) is 5.91 Å². The maximum Gasteiger partial charge on any atom is 0.255 e. The van der Waals surface area contributed by atoms with Gasteiger partial charge in [-0.25, -0.2) is 8.78 Å². The van der Waals surface area contributed by atoms with Gasteiger partial charge in [0.1, 0.15) is 30.0 Å². The molecule has 0 bridgehead atoms. The van der Waals surface area contributed by atoms with E-state index in [0.29, 0.717) is 43.1 Å². The zero-order valence-electron chi connectivity index (χ0n) is 22.4. The molecule has 1 N–H and O–H groups in total. The van der Waals surface area contributed by atoms with E-state index >= 15 is 0 Å². The number of carbonyl (C=O) groups is 3. The fourth-order valence-corrected chi connectivity index (χ4v) is 5.74. The lowest BCUT2D eigenvalue weighted by Crippen LogP contribution is -2.52. The van der Waals surface area contributed by atoms with E-state index in [-0.39, 0.29) is 24.8 Å². The molecule has 8 nitrogen and oxygen atoms in total. The van der Waals surface area contributed by atoms with Crippen LogP contribution in [0.2, 0.25) is 0 Å². The highest BCUT2D eigenvalue weighted by molar-refractivity contribution is 6.05. The number of piperazine rings is 1. The van der Waals surface area contributed by atoms with Gasteiger partial charge >= 0.3 is 0 Å². The third-order valence-electron chi connectivity index (χ3n) is 7.99. The lowest BCUT2D eigenvalue weighted by Gasteiger charge is -2.36. The minimum atomic E-state index is -0.667. The molecule has 2 saturated heterocycles. The standard InChI is InChI=1S/C31H30F2N4O4/c32-22-8-9-26(25(33)16-22)36-14-12-35(13-15-36)17-20-4-6-21(7-5-20)19-41-28-3-1-2-23-24(28)18-37(31(23)40)27-10-11-29(38)34-30(27)39/h1-9,16,27H,10-15,17-19H2,(H,34,38,39)/t27-/m1/s1. The van der Waals surface area contributed by atoms with Gasteiger partial charge in [-0.3, -0.25) is 24.6 Å². The third kappa shape index (κ3) is 5.65. The van der Waals surface area contributed by atoms with Crippen LogP contribution in [0, 0.1) is 11.6 Å². The first-order valence-corrected chi connectivity index (χ1v) is 13.8. The van der Waals surface area contributed by atoms with Gasteiger partial charge in [0.05, 0.1) is 12.2 Å². The molecule has 0 spiro atoms. The van der Waals surface area contributed by atoms with E-state index in [1.807, 2.05) is 23.1 Å². The van der Waals surface area contributed by atoms with Gasteiger partial charge in [0.2, 0.25) is 11.8 Å². The largest absolute Gasteiger partial charge is 0.489 e. The summed E-state index contributed by atoms with van der Waals surface area (Å²) in [5, 5.41) is 2.32. The molecule has 10 heteroatoms. The number of halogens is 2. The number of hydrogen-bond acceptors (Lipinski definition) is 6. The average molecular weight is 561 g/mol. The first-order chi connectivity index (χ1) is 19.9. The number of amides is 3. The van der Waals surface area contributed by atoms with Crippen LogP contribution < -0.4 is 15.0 Å². The van der Waals surface area contributed by atoms with E-state index in [4.69, 9.17) is 4.74 Å². The Hall–Kier alpha value is -4.31. The van der Waals surface area contributed by atoms with Gasteiger partial charge in [0.15, 0.2) is 0 Å². The van der Waals surface area contributed by atoms with Crippen LogP contribution >= 0.6 is 0 Å². The lowest BCUT2D eigenvalue weighted by molar-refractivity contribution is -0.136. The van der Waals surface area contributed by atoms with Gasteiger partial charge in [-0.15, -0.1) is 0 Å². The van der Waals surface area contributed by atoms with Gasteiger partial charge in [0, 0.05) is 56.3 Å². The van der Waals surface area contributed by atoms with E-state index in [1.165, 1.54) is 17.0 Å². The molecule has 0 saturated carbocycles. The molecule has 3 amide bonds. The monoisotopic (exact) mass is 560 g/mol. The molecule has 6 rings (SSSR count). The summed E-state index contributed by atoms with van der Waals surface area (Å²) in [6, 6.07) is 16.5. The number of nitrogens with zero attached hydrogens (tertiary/aromatic N) is 3. The molecule has 0 aliphatic carbocycles. The summed E-state index contributed by atoms with van der Waals surface area (Å²) >= 11 is 0. The van der Waals surface area contributed by atoms with Crippen molar-refractivity contribution in [1.29, 1.82) is 0 Å². The Labute approximate surface area is 236 Å². The van der Waals surface area contributed by atoms with Gasteiger partial charge < -0.3 is 14.5 Å². The molecule has 0 aromatic heterocycles. The van der Waals surface area contributed by atoms with Crippen molar-refractivity contribution in [2.24, 2.45) is 0 Å². The lowest BCUT2D eigenvalue weighted by atomic mass is 10.0. The number of imide groups is 1. The number of fused-ring (bicyclic) bond motifs is 1. The molecule has 3 aromatic carbocycles. The van der Waals surface area contributed by atoms with Crippen molar-refractivity contribution >= 4 is 23.4 Å². The molecule has 41 heavy (non-hydrogen) atoms. The highest BCUT2D eigenvalue weighted by atomic mass is 19.1. The number of hydrogen-bond donors (Lipinski definition) is 1. The molecular formula is C31H30F2N4O4. The van der Waals surface area contributed by atoms with Crippen LogP contribution in [-0.2, 0) is 29.3 Å². The fraction of sp³-hybridized carbons (Fsp3) is 0.323. The van der Waals surface area contributed by atoms with Gasteiger partial charge in [-0.2, -0.15) is 0 Å². The number of nitrogens with one attached hydrogen (secondary N) is 1. The molecule has 3 aliphatic rings. The number of anilines is 1. The zero-order chi connectivity index (χ0) is 28.5. The smallest absolute Gasteiger partial charge is 0.255 e. The molecule has 3 aromatic rings. The van der Waals surface area contributed by atoms with Crippen LogP contribution in [0.4, 0.5) is 14.5 Å².